The number of ether oxygens (including phenoxy) is 3. The van der Waals surface area contributed by atoms with Crippen LogP contribution < -0.4 is 0 Å². The average molecular weight is 540 g/mol. The van der Waals surface area contributed by atoms with Crippen molar-refractivity contribution in [2.75, 3.05) is 19.7 Å². The second kappa shape index (κ2) is 8.19. The maximum atomic E-state index is 14.8. The van der Waals surface area contributed by atoms with Gasteiger partial charge in [0, 0.05) is 19.0 Å². The molecule has 39 heavy (non-hydrogen) atoms. The first-order chi connectivity index (χ1) is 18.3. The smallest absolute Gasteiger partial charge is 0.410 e. The Labute approximate surface area is 232 Å². The number of carbonyl (C=O) groups excluding carboxylic acids is 2. The molecule has 8 rings (SSSR count). The molecule has 7 heteroatoms. The Morgan fingerprint density at radius 3 is 2.38 bits per heavy atom. The van der Waals surface area contributed by atoms with Gasteiger partial charge in [-0.25, -0.2) is 4.79 Å². The summed E-state index contributed by atoms with van der Waals surface area (Å²) in [5, 5.41) is 13.2. The summed E-state index contributed by atoms with van der Waals surface area (Å²) >= 11 is 0. The van der Waals surface area contributed by atoms with E-state index in [2.05, 4.69) is 26.8 Å². The molecule has 8 atom stereocenters. The predicted octanol–water partition coefficient (Wildman–Crippen LogP) is 4.88. The molecule has 3 saturated heterocycles. The van der Waals surface area contributed by atoms with Crippen molar-refractivity contribution >= 4 is 11.9 Å². The average Bonchev–Trinajstić information content (AvgIpc) is 3.51. The van der Waals surface area contributed by atoms with E-state index in [-0.39, 0.29) is 41.7 Å². The molecule has 1 N–H and O–H groups in total. The summed E-state index contributed by atoms with van der Waals surface area (Å²) in [7, 11) is 0. The summed E-state index contributed by atoms with van der Waals surface area (Å²) < 4.78 is 19.0. The number of hydrogen-bond acceptors (Lipinski definition) is 6. The molecule has 0 aromatic carbocycles. The molecule has 6 fully saturated rings. The lowest BCUT2D eigenvalue weighted by Crippen LogP contribution is -2.68. The van der Waals surface area contributed by atoms with Crippen LogP contribution in [0.3, 0.4) is 0 Å². The molecule has 214 valence electrons. The highest BCUT2D eigenvalue weighted by Crippen LogP contribution is 2.72. The Kier molecular flexibility index (Phi) is 5.51. The van der Waals surface area contributed by atoms with Gasteiger partial charge in [-0.2, -0.15) is 0 Å². The fourth-order valence-electron chi connectivity index (χ4n) is 9.92. The summed E-state index contributed by atoms with van der Waals surface area (Å²) in [5.41, 5.74) is -1.35. The third-order valence-electron chi connectivity index (χ3n) is 12.1. The first-order valence-electron chi connectivity index (χ1n) is 15.2. The number of aliphatic hydroxyl groups is 1. The van der Waals surface area contributed by atoms with E-state index >= 15 is 0 Å². The summed E-state index contributed by atoms with van der Waals surface area (Å²) in [5.74, 6) is 0.289. The van der Waals surface area contributed by atoms with Crippen molar-refractivity contribution in [1.29, 1.82) is 0 Å². The molecule has 8 aliphatic rings. The van der Waals surface area contributed by atoms with E-state index in [1.807, 2.05) is 31.7 Å². The van der Waals surface area contributed by atoms with Gasteiger partial charge in [0.25, 0.3) is 0 Å². The molecular formula is C32H45NO6. The number of rotatable bonds is 1. The van der Waals surface area contributed by atoms with E-state index in [1.54, 1.807) is 0 Å². The largest absolute Gasteiger partial charge is 0.438 e. The molecule has 4 bridgehead atoms. The zero-order valence-electron chi connectivity index (χ0n) is 24.4. The number of Topliss-reactive ketones (excluding diaryl/α,β-unsaturated/α-hetero) is 1. The summed E-state index contributed by atoms with van der Waals surface area (Å²) in [6.07, 6.45) is 7.35. The van der Waals surface area contributed by atoms with Gasteiger partial charge in [0.05, 0.1) is 12.0 Å². The van der Waals surface area contributed by atoms with E-state index in [9.17, 15) is 14.7 Å². The molecule has 0 unspecified atom stereocenters. The molecular weight excluding hydrogens is 494 g/mol. The number of carbonyl (C=O) groups is 2. The Balaban J connectivity index is 1.32. The van der Waals surface area contributed by atoms with Crippen molar-refractivity contribution in [2.24, 2.45) is 46.3 Å². The minimum absolute atomic E-state index is 0.0459. The molecule has 3 saturated carbocycles. The fourth-order valence-corrected chi connectivity index (χ4v) is 9.92. The summed E-state index contributed by atoms with van der Waals surface area (Å²) in [6.45, 7) is 13.9. The summed E-state index contributed by atoms with van der Waals surface area (Å²) in [4.78, 5) is 30.5. The van der Waals surface area contributed by atoms with E-state index in [0.29, 0.717) is 30.8 Å². The minimum atomic E-state index is -1.75. The van der Waals surface area contributed by atoms with Crippen LogP contribution in [0, 0.1) is 46.3 Å². The Bertz CT molecular complexity index is 1150. The molecule has 0 radical (unpaired) electrons. The molecule has 3 aliphatic heterocycles. The van der Waals surface area contributed by atoms with Gasteiger partial charge in [-0.1, -0.05) is 32.9 Å². The zero-order valence-corrected chi connectivity index (χ0v) is 24.4. The van der Waals surface area contributed by atoms with Gasteiger partial charge in [0.2, 0.25) is 0 Å². The number of amides is 1. The van der Waals surface area contributed by atoms with E-state index in [0.717, 1.165) is 43.3 Å². The minimum Gasteiger partial charge on any atom is -0.438 e. The molecule has 0 aromatic heterocycles. The van der Waals surface area contributed by atoms with Crippen LogP contribution in [0.5, 0.6) is 0 Å². The zero-order chi connectivity index (χ0) is 27.7. The molecule has 0 aromatic rings. The first kappa shape index (κ1) is 26.2. The summed E-state index contributed by atoms with van der Waals surface area (Å²) in [6, 6.07) is 0. The standard InChI is InChI=1S/C32H45NO6/c1-17-13-31-18(2)11-23-24(29(23,3)4)22(25(31)34)12-21-16-37-30(5,6)39-27(21)32(31,36)26(17)38-28(35)33-14-19-7-8-20(15-33)10-9-19/h12-13,18-20,22-24,26-27,36H,7-11,14-16H2,1-6H3/t18-,19?,20?,22+,23-,24+,26+,27-,31+,32-/m1/s1. The van der Waals surface area contributed by atoms with Crippen molar-refractivity contribution in [3.05, 3.63) is 23.3 Å². The highest BCUT2D eigenvalue weighted by atomic mass is 16.7. The first-order valence-corrected chi connectivity index (χ1v) is 15.2. The highest BCUT2D eigenvalue weighted by Gasteiger charge is 2.77. The van der Waals surface area contributed by atoms with Crippen LogP contribution in [0.4, 0.5) is 4.79 Å². The van der Waals surface area contributed by atoms with Gasteiger partial charge in [-0.3, -0.25) is 4.79 Å². The van der Waals surface area contributed by atoms with E-state index < -0.39 is 29.0 Å². The van der Waals surface area contributed by atoms with Crippen LogP contribution in [-0.2, 0) is 19.0 Å². The molecule has 5 aliphatic carbocycles. The lowest BCUT2D eigenvalue weighted by atomic mass is 9.59. The van der Waals surface area contributed by atoms with Crippen LogP contribution in [0.15, 0.2) is 23.3 Å². The lowest BCUT2D eigenvalue weighted by Gasteiger charge is -2.52. The Morgan fingerprint density at radius 1 is 1.10 bits per heavy atom. The van der Waals surface area contributed by atoms with Crippen LogP contribution in [0.1, 0.15) is 73.6 Å². The van der Waals surface area contributed by atoms with Gasteiger partial charge >= 0.3 is 6.09 Å². The molecule has 7 nitrogen and oxygen atoms in total. The maximum absolute atomic E-state index is 14.8. The fraction of sp³-hybridized carbons (Fsp3) is 0.812. The second-order valence-electron chi connectivity index (χ2n) is 15.0. The van der Waals surface area contributed by atoms with E-state index in [4.69, 9.17) is 14.2 Å². The predicted molar refractivity (Wildman–Crippen MR) is 144 cm³/mol. The van der Waals surface area contributed by atoms with Crippen molar-refractivity contribution in [1.82, 2.24) is 4.90 Å². The van der Waals surface area contributed by atoms with E-state index in [1.165, 1.54) is 0 Å². The van der Waals surface area contributed by atoms with Crippen LogP contribution in [0.2, 0.25) is 0 Å². The van der Waals surface area contributed by atoms with Crippen molar-refractivity contribution < 1.29 is 28.9 Å². The van der Waals surface area contributed by atoms with Crippen LogP contribution >= 0.6 is 0 Å². The van der Waals surface area contributed by atoms with Crippen molar-refractivity contribution in [3.8, 4) is 0 Å². The number of fused-ring (bicyclic) bond motifs is 9. The van der Waals surface area contributed by atoms with Gasteiger partial charge in [-0.15, -0.1) is 0 Å². The normalized spacial score (nSPS) is 48.9. The quantitative estimate of drug-likeness (QED) is 0.478. The number of ketones is 1. The number of hydrogen-bond donors (Lipinski definition) is 1. The third kappa shape index (κ3) is 3.45. The van der Waals surface area contributed by atoms with Gasteiger partial charge in [0.1, 0.15) is 6.10 Å². The molecule has 1 amide bonds. The number of nitrogens with zero attached hydrogens (tertiary/aromatic N) is 1. The van der Waals surface area contributed by atoms with Crippen LogP contribution in [-0.4, -0.2) is 65.2 Å². The van der Waals surface area contributed by atoms with Crippen molar-refractivity contribution in [3.63, 3.8) is 0 Å². The van der Waals surface area contributed by atoms with Crippen molar-refractivity contribution in [2.45, 2.75) is 97.2 Å². The highest BCUT2D eigenvalue weighted by molar-refractivity contribution is 5.95. The third-order valence-corrected chi connectivity index (χ3v) is 12.1. The second-order valence-corrected chi connectivity index (χ2v) is 15.0. The van der Waals surface area contributed by atoms with Crippen LogP contribution in [0.25, 0.3) is 0 Å². The lowest BCUT2D eigenvalue weighted by molar-refractivity contribution is -0.303. The maximum Gasteiger partial charge on any atom is 0.410 e. The van der Waals surface area contributed by atoms with Gasteiger partial charge in [-0.05, 0) is 99.0 Å². The topological polar surface area (TPSA) is 85.3 Å². The number of allylic oxidation sites excluding steroid dienone is 1. The Hall–Kier alpha value is -1.70. The SMILES string of the molecule is CC1=C[C@]23C(=O)[C@@H](C=C4COC(C)(C)O[C@H]4[C@]2(O)[C@H]1OC(=O)N1CC2CCC(CC2)C1)[C@H]1[C@@H](C[C@H]3C)C1(C)C. The van der Waals surface area contributed by atoms with Gasteiger partial charge in [0.15, 0.2) is 23.3 Å². The Morgan fingerprint density at radius 2 is 1.74 bits per heavy atom. The monoisotopic (exact) mass is 539 g/mol. The van der Waals surface area contributed by atoms with Gasteiger partial charge < -0.3 is 24.2 Å². The molecule has 3 heterocycles. The molecule has 1 spiro atoms.